The minimum Gasteiger partial charge on any atom is -0.356 e. The summed E-state index contributed by atoms with van der Waals surface area (Å²) in [6.45, 7) is 6.43. The van der Waals surface area contributed by atoms with Gasteiger partial charge in [0.15, 0.2) is 5.58 Å². The number of carbonyl (C=O) groups excluding carboxylic acids is 1. The molecule has 5 heteroatoms. The SMILES string of the molecule is Cc1ccccc1CN1CCN(C(=O)Cc2noc3ccccc23)CC1. The first kappa shape index (κ1) is 16.8. The molecule has 0 radical (unpaired) electrons. The molecular weight excluding hydrogens is 326 g/mol. The number of nitrogens with zero attached hydrogens (tertiary/aromatic N) is 3. The van der Waals surface area contributed by atoms with Crippen LogP contribution in [0.3, 0.4) is 0 Å². The number of amides is 1. The maximum Gasteiger partial charge on any atom is 0.228 e. The van der Waals surface area contributed by atoms with E-state index >= 15 is 0 Å². The summed E-state index contributed by atoms with van der Waals surface area (Å²) < 4.78 is 5.30. The molecule has 1 aromatic heterocycles. The van der Waals surface area contributed by atoms with E-state index < -0.39 is 0 Å². The molecule has 0 N–H and O–H groups in total. The number of aryl methyl sites for hydroxylation is 1. The van der Waals surface area contributed by atoms with E-state index in [4.69, 9.17) is 4.52 Å². The van der Waals surface area contributed by atoms with Gasteiger partial charge in [0, 0.05) is 38.1 Å². The van der Waals surface area contributed by atoms with Gasteiger partial charge in [-0.3, -0.25) is 9.69 Å². The quantitative estimate of drug-likeness (QED) is 0.726. The van der Waals surface area contributed by atoms with Crippen molar-refractivity contribution in [2.75, 3.05) is 26.2 Å². The third-order valence-corrected chi connectivity index (χ3v) is 5.15. The Labute approximate surface area is 153 Å². The van der Waals surface area contributed by atoms with Gasteiger partial charge in [0.2, 0.25) is 5.91 Å². The van der Waals surface area contributed by atoms with Gasteiger partial charge in [-0.25, -0.2) is 0 Å². The minimum atomic E-state index is 0.125. The summed E-state index contributed by atoms with van der Waals surface area (Å²) in [5.41, 5.74) is 4.15. The topological polar surface area (TPSA) is 49.6 Å². The molecule has 26 heavy (non-hydrogen) atoms. The van der Waals surface area contributed by atoms with E-state index in [9.17, 15) is 4.79 Å². The van der Waals surface area contributed by atoms with Gasteiger partial charge in [-0.05, 0) is 30.2 Å². The standard InChI is InChI=1S/C21H23N3O2/c1-16-6-2-3-7-17(16)15-23-10-12-24(13-11-23)21(25)14-19-18-8-4-5-9-20(18)26-22-19/h2-9H,10-15H2,1H3. The molecule has 5 nitrogen and oxygen atoms in total. The number of piperazine rings is 1. The Morgan fingerprint density at radius 2 is 1.77 bits per heavy atom. The molecule has 0 saturated carbocycles. The lowest BCUT2D eigenvalue weighted by molar-refractivity contribution is -0.132. The smallest absolute Gasteiger partial charge is 0.228 e. The fourth-order valence-electron chi connectivity index (χ4n) is 3.50. The number of carbonyl (C=O) groups is 1. The Morgan fingerprint density at radius 3 is 2.58 bits per heavy atom. The van der Waals surface area contributed by atoms with Gasteiger partial charge in [0.1, 0.15) is 5.69 Å². The Morgan fingerprint density at radius 1 is 1.04 bits per heavy atom. The molecule has 1 fully saturated rings. The predicted molar refractivity (Wildman–Crippen MR) is 101 cm³/mol. The van der Waals surface area contributed by atoms with E-state index in [0.29, 0.717) is 6.42 Å². The van der Waals surface area contributed by atoms with Gasteiger partial charge in [-0.2, -0.15) is 0 Å². The van der Waals surface area contributed by atoms with Crippen LogP contribution in [0.2, 0.25) is 0 Å². The van der Waals surface area contributed by atoms with Crippen LogP contribution in [0, 0.1) is 6.92 Å². The molecule has 1 saturated heterocycles. The molecule has 4 rings (SSSR count). The van der Waals surface area contributed by atoms with Crippen molar-refractivity contribution in [1.29, 1.82) is 0 Å². The third-order valence-electron chi connectivity index (χ3n) is 5.15. The van der Waals surface area contributed by atoms with Crippen LogP contribution in [0.25, 0.3) is 11.0 Å². The highest BCUT2D eigenvalue weighted by Crippen LogP contribution is 2.19. The number of para-hydroxylation sites is 1. The fourth-order valence-corrected chi connectivity index (χ4v) is 3.50. The highest BCUT2D eigenvalue weighted by atomic mass is 16.5. The summed E-state index contributed by atoms with van der Waals surface area (Å²) >= 11 is 0. The number of hydrogen-bond donors (Lipinski definition) is 0. The van der Waals surface area contributed by atoms with Crippen LogP contribution in [-0.4, -0.2) is 47.0 Å². The Kier molecular flexibility index (Phi) is 4.71. The molecule has 1 aliphatic heterocycles. The summed E-state index contributed by atoms with van der Waals surface area (Å²) in [5.74, 6) is 0.125. The summed E-state index contributed by atoms with van der Waals surface area (Å²) in [6, 6.07) is 16.2. The van der Waals surface area contributed by atoms with Crippen LogP contribution in [0.1, 0.15) is 16.8 Å². The molecule has 2 aromatic carbocycles. The zero-order valence-electron chi connectivity index (χ0n) is 15.0. The number of benzene rings is 2. The van der Waals surface area contributed by atoms with E-state index in [0.717, 1.165) is 49.4 Å². The molecule has 2 heterocycles. The van der Waals surface area contributed by atoms with Gasteiger partial charge >= 0.3 is 0 Å². The summed E-state index contributed by atoms with van der Waals surface area (Å²) in [6.07, 6.45) is 0.300. The van der Waals surface area contributed by atoms with Crippen molar-refractivity contribution in [2.45, 2.75) is 19.9 Å². The van der Waals surface area contributed by atoms with Crippen molar-refractivity contribution >= 4 is 16.9 Å². The van der Waals surface area contributed by atoms with Crippen LogP contribution in [0.5, 0.6) is 0 Å². The van der Waals surface area contributed by atoms with Gasteiger partial charge in [0.25, 0.3) is 0 Å². The molecule has 1 amide bonds. The van der Waals surface area contributed by atoms with Gasteiger partial charge < -0.3 is 9.42 Å². The van der Waals surface area contributed by atoms with Crippen LogP contribution >= 0.6 is 0 Å². The second-order valence-electron chi connectivity index (χ2n) is 6.89. The Balaban J connectivity index is 1.34. The molecule has 134 valence electrons. The molecule has 0 unspecified atom stereocenters. The predicted octanol–water partition coefficient (Wildman–Crippen LogP) is 3.02. The average molecular weight is 349 g/mol. The van der Waals surface area contributed by atoms with Crippen molar-refractivity contribution in [3.63, 3.8) is 0 Å². The van der Waals surface area contributed by atoms with Crippen molar-refractivity contribution < 1.29 is 9.32 Å². The fraction of sp³-hybridized carbons (Fsp3) is 0.333. The highest BCUT2D eigenvalue weighted by Gasteiger charge is 2.23. The monoisotopic (exact) mass is 349 g/mol. The van der Waals surface area contributed by atoms with Gasteiger partial charge in [-0.15, -0.1) is 0 Å². The lowest BCUT2D eigenvalue weighted by Gasteiger charge is -2.35. The molecular formula is C21H23N3O2. The van der Waals surface area contributed by atoms with Crippen LogP contribution in [0.15, 0.2) is 53.1 Å². The number of aromatic nitrogens is 1. The number of fused-ring (bicyclic) bond motifs is 1. The second kappa shape index (κ2) is 7.30. The van der Waals surface area contributed by atoms with Crippen molar-refractivity contribution in [3.8, 4) is 0 Å². The first-order valence-corrected chi connectivity index (χ1v) is 9.08. The maximum atomic E-state index is 12.7. The van der Waals surface area contributed by atoms with Gasteiger partial charge in [0.05, 0.1) is 6.42 Å². The van der Waals surface area contributed by atoms with E-state index in [1.807, 2.05) is 29.2 Å². The highest BCUT2D eigenvalue weighted by molar-refractivity contribution is 5.86. The van der Waals surface area contributed by atoms with E-state index in [1.54, 1.807) is 0 Å². The van der Waals surface area contributed by atoms with Crippen LogP contribution in [0.4, 0.5) is 0 Å². The van der Waals surface area contributed by atoms with E-state index in [2.05, 4.69) is 41.2 Å². The van der Waals surface area contributed by atoms with E-state index in [-0.39, 0.29) is 5.91 Å². The van der Waals surface area contributed by atoms with Gasteiger partial charge in [-0.1, -0.05) is 41.6 Å². The van der Waals surface area contributed by atoms with Crippen LogP contribution in [-0.2, 0) is 17.8 Å². The molecule has 0 bridgehead atoms. The Hall–Kier alpha value is -2.66. The molecule has 1 aliphatic rings. The summed E-state index contributed by atoms with van der Waals surface area (Å²) in [7, 11) is 0. The lowest BCUT2D eigenvalue weighted by atomic mass is 10.1. The van der Waals surface area contributed by atoms with Crippen LogP contribution < -0.4 is 0 Å². The van der Waals surface area contributed by atoms with Crippen molar-refractivity contribution in [2.24, 2.45) is 0 Å². The van der Waals surface area contributed by atoms with Crippen molar-refractivity contribution in [3.05, 3.63) is 65.4 Å². The van der Waals surface area contributed by atoms with Crippen molar-refractivity contribution in [1.82, 2.24) is 15.0 Å². The first-order chi connectivity index (χ1) is 12.7. The zero-order valence-corrected chi connectivity index (χ0v) is 15.0. The Bertz CT molecular complexity index is 910. The zero-order chi connectivity index (χ0) is 17.9. The molecule has 0 spiro atoms. The number of rotatable bonds is 4. The maximum absolute atomic E-state index is 12.7. The molecule has 0 aliphatic carbocycles. The van der Waals surface area contributed by atoms with E-state index in [1.165, 1.54) is 11.1 Å². The molecule has 3 aromatic rings. The summed E-state index contributed by atoms with van der Waals surface area (Å²) in [5, 5.41) is 5.01. The number of hydrogen-bond acceptors (Lipinski definition) is 4. The third kappa shape index (κ3) is 3.48. The normalized spacial score (nSPS) is 15.5. The molecule has 0 atom stereocenters. The minimum absolute atomic E-state index is 0.125. The lowest BCUT2D eigenvalue weighted by Crippen LogP contribution is -2.48. The largest absolute Gasteiger partial charge is 0.356 e. The first-order valence-electron chi connectivity index (χ1n) is 9.08. The second-order valence-corrected chi connectivity index (χ2v) is 6.89. The average Bonchev–Trinajstić information content (AvgIpc) is 3.07. The summed E-state index contributed by atoms with van der Waals surface area (Å²) in [4.78, 5) is 17.0.